The van der Waals surface area contributed by atoms with E-state index in [1.54, 1.807) is 12.2 Å². The van der Waals surface area contributed by atoms with Crippen molar-refractivity contribution in [3.8, 4) is 0 Å². The minimum absolute atomic E-state index is 0.357. The first kappa shape index (κ1) is 6.15. The van der Waals surface area contributed by atoms with E-state index in [-0.39, 0.29) is 11.8 Å². The summed E-state index contributed by atoms with van der Waals surface area (Å²) in [6.45, 7) is 0. The number of hydrogen-bond acceptors (Lipinski definition) is 3. The molecule has 0 bridgehead atoms. The summed E-state index contributed by atoms with van der Waals surface area (Å²) in [4.78, 5) is 21.8. The zero-order valence-corrected chi connectivity index (χ0v) is 5.53. The largest absolute Gasteiger partial charge is 0.483 e. The second-order valence-corrected chi connectivity index (χ2v) is 2.29. The predicted octanol–water partition coefficient (Wildman–Crippen LogP) is -0.518. The Morgan fingerprint density at radius 1 is 1.45 bits per heavy atom. The Balaban J connectivity index is 2.42. The number of amides is 2. The minimum Gasteiger partial charge on any atom is -0.483 e. The molecule has 0 saturated carbocycles. The fourth-order valence-corrected chi connectivity index (χ4v) is 1.07. The number of ether oxygens (including phenoxy) is 1. The average Bonchev–Trinajstić information content (AvgIpc) is 2.30. The van der Waals surface area contributed by atoms with E-state index in [4.69, 9.17) is 4.74 Å². The summed E-state index contributed by atoms with van der Waals surface area (Å²) >= 11 is 0. The minimum atomic E-state index is -0.715. The summed E-state index contributed by atoms with van der Waals surface area (Å²) in [6.07, 6.45) is 3.84. The van der Waals surface area contributed by atoms with E-state index in [0.29, 0.717) is 5.57 Å². The molecule has 2 aliphatic heterocycles. The van der Waals surface area contributed by atoms with Crippen LogP contribution >= 0.6 is 0 Å². The van der Waals surface area contributed by atoms with Gasteiger partial charge in [0.1, 0.15) is 0 Å². The normalized spacial score (nSPS) is 27.3. The Kier molecular flexibility index (Phi) is 1.09. The van der Waals surface area contributed by atoms with Gasteiger partial charge in [0.2, 0.25) is 6.10 Å². The van der Waals surface area contributed by atoms with E-state index in [9.17, 15) is 9.59 Å². The molecule has 1 atom stereocenters. The van der Waals surface area contributed by atoms with Crippen LogP contribution in [0.5, 0.6) is 0 Å². The van der Waals surface area contributed by atoms with Gasteiger partial charge in [0.05, 0.1) is 11.8 Å². The molecule has 0 aromatic heterocycles. The Morgan fingerprint density at radius 3 is 3.00 bits per heavy atom. The summed E-state index contributed by atoms with van der Waals surface area (Å²) in [6, 6.07) is 0. The maximum absolute atomic E-state index is 10.9. The van der Waals surface area contributed by atoms with Crippen molar-refractivity contribution < 1.29 is 14.3 Å². The van der Waals surface area contributed by atoms with Crippen molar-refractivity contribution in [1.82, 2.24) is 5.32 Å². The first-order chi connectivity index (χ1) is 5.29. The van der Waals surface area contributed by atoms with Crippen molar-refractivity contribution >= 4 is 11.8 Å². The lowest BCUT2D eigenvalue weighted by atomic mass is 10.1. The number of allylic oxidation sites excluding steroid dienone is 2. The van der Waals surface area contributed by atoms with E-state index in [2.05, 4.69) is 5.32 Å². The van der Waals surface area contributed by atoms with E-state index in [1.165, 1.54) is 6.26 Å². The van der Waals surface area contributed by atoms with Crippen molar-refractivity contribution in [2.24, 2.45) is 0 Å². The second-order valence-electron chi connectivity index (χ2n) is 2.29. The maximum atomic E-state index is 10.9. The molecule has 4 nitrogen and oxygen atoms in total. The Morgan fingerprint density at radius 2 is 2.27 bits per heavy atom. The molecule has 4 heteroatoms. The van der Waals surface area contributed by atoms with Crippen LogP contribution in [0.1, 0.15) is 0 Å². The molecule has 0 aliphatic carbocycles. The molecule has 2 rings (SSSR count). The van der Waals surface area contributed by atoms with E-state index in [0.717, 1.165) is 0 Å². The van der Waals surface area contributed by atoms with E-state index in [1.807, 2.05) is 0 Å². The van der Waals surface area contributed by atoms with Crippen LogP contribution in [-0.2, 0) is 14.3 Å². The number of carbonyl (C=O) groups is 2. The van der Waals surface area contributed by atoms with Crippen molar-refractivity contribution in [1.29, 1.82) is 0 Å². The molecule has 1 N–H and O–H groups in total. The molecule has 1 fully saturated rings. The third-order valence-corrected chi connectivity index (χ3v) is 1.59. The second kappa shape index (κ2) is 1.95. The van der Waals surface area contributed by atoms with Crippen LogP contribution in [0.3, 0.4) is 0 Å². The lowest BCUT2D eigenvalue weighted by Crippen LogP contribution is -2.25. The highest BCUT2D eigenvalue weighted by Gasteiger charge is 2.37. The lowest BCUT2D eigenvalue weighted by molar-refractivity contribution is -0.127. The number of fused-ring (bicyclic) bond motifs is 1. The zero-order valence-electron chi connectivity index (χ0n) is 5.53. The first-order valence-electron chi connectivity index (χ1n) is 3.16. The number of carbonyl (C=O) groups excluding carboxylic acids is 2. The molecule has 0 radical (unpaired) electrons. The highest BCUT2D eigenvalue weighted by atomic mass is 16.5. The van der Waals surface area contributed by atoms with Gasteiger partial charge in [0.25, 0.3) is 11.8 Å². The van der Waals surface area contributed by atoms with Gasteiger partial charge in [-0.1, -0.05) is 0 Å². The van der Waals surface area contributed by atoms with Gasteiger partial charge in [0, 0.05) is 0 Å². The lowest BCUT2D eigenvalue weighted by Gasteiger charge is -2.09. The molecule has 0 aromatic rings. The molecule has 0 spiro atoms. The van der Waals surface area contributed by atoms with Crippen LogP contribution in [-0.4, -0.2) is 17.9 Å². The van der Waals surface area contributed by atoms with Gasteiger partial charge in [-0.05, 0) is 12.2 Å². The summed E-state index contributed by atoms with van der Waals surface area (Å²) < 4.78 is 4.90. The quantitative estimate of drug-likeness (QED) is 0.474. The number of hydrogen-bond donors (Lipinski definition) is 1. The number of nitrogens with one attached hydrogen (secondary N) is 1. The van der Waals surface area contributed by atoms with E-state index < -0.39 is 6.10 Å². The fourth-order valence-electron chi connectivity index (χ4n) is 1.07. The summed E-state index contributed by atoms with van der Waals surface area (Å²) in [5.41, 5.74) is 0.387. The summed E-state index contributed by atoms with van der Waals surface area (Å²) in [5.74, 6) is -0.741. The SMILES string of the molecule is O=C1NC(=O)C2OC=CC=C12. The van der Waals surface area contributed by atoms with E-state index >= 15 is 0 Å². The van der Waals surface area contributed by atoms with Gasteiger partial charge < -0.3 is 4.74 Å². The van der Waals surface area contributed by atoms with Crippen LogP contribution in [0, 0.1) is 0 Å². The highest BCUT2D eigenvalue weighted by Crippen LogP contribution is 2.17. The van der Waals surface area contributed by atoms with Crippen molar-refractivity contribution in [3.05, 3.63) is 24.0 Å². The molecule has 2 heterocycles. The third-order valence-electron chi connectivity index (χ3n) is 1.59. The van der Waals surface area contributed by atoms with Gasteiger partial charge in [-0.15, -0.1) is 0 Å². The number of imide groups is 1. The Hall–Kier alpha value is -1.58. The zero-order chi connectivity index (χ0) is 7.84. The van der Waals surface area contributed by atoms with Crippen molar-refractivity contribution in [2.45, 2.75) is 6.10 Å². The molecule has 56 valence electrons. The molecule has 2 aliphatic rings. The van der Waals surface area contributed by atoms with Gasteiger partial charge in [0.15, 0.2) is 0 Å². The third kappa shape index (κ3) is 0.756. The molecule has 1 saturated heterocycles. The Bertz CT molecular complexity index is 290. The highest BCUT2D eigenvalue weighted by molar-refractivity contribution is 6.16. The van der Waals surface area contributed by atoms with Gasteiger partial charge in [-0.25, -0.2) is 0 Å². The van der Waals surface area contributed by atoms with Crippen LogP contribution in [0.2, 0.25) is 0 Å². The monoisotopic (exact) mass is 151 g/mol. The molecule has 11 heavy (non-hydrogen) atoms. The molecule has 1 unspecified atom stereocenters. The molecular formula is C7H5NO3. The molecular weight excluding hydrogens is 146 g/mol. The standard InChI is InChI=1S/C7H5NO3/c9-6-4-2-1-3-11-5(4)7(10)8-6/h1-3,5H,(H,8,9,10). The van der Waals surface area contributed by atoms with Crippen molar-refractivity contribution in [2.75, 3.05) is 0 Å². The van der Waals surface area contributed by atoms with Gasteiger partial charge in [-0.3, -0.25) is 14.9 Å². The van der Waals surface area contributed by atoms with Gasteiger partial charge >= 0.3 is 0 Å². The summed E-state index contributed by atoms with van der Waals surface area (Å²) in [7, 11) is 0. The van der Waals surface area contributed by atoms with Crippen LogP contribution < -0.4 is 5.32 Å². The molecule has 0 aromatic carbocycles. The van der Waals surface area contributed by atoms with Crippen molar-refractivity contribution in [3.63, 3.8) is 0 Å². The first-order valence-corrected chi connectivity index (χ1v) is 3.16. The average molecular weight is 151 g/mol. The summed E-state index contributed by atoms with van der Waals surface area (Å²) in [5, 5.41) is 2.15. The fraction of sp³-hybridized carbons (Fsp3) is 0.143. The predicted molar refractivity (Wildman–Crippen MR) is 35.2 cm³/mol. The van der Waals surface area contributed by atoms with Gasteiger partial charge in [-0.2, -0.15) is 0 Å². The molecule has 2 amide bonds. The smallest absolute Gasteiger partial charge is 0.272 e. The maximum Gasteiger partial charge on any atom is 0.272 e. The van der Waals surface area contributed by atoms with Crippen LogP contribution in [0.4, 0.5) is 0 Å². The van der Waals surface area contributed by atoms with Crippen LogP contribution in [0.25, 0.3) is 0 Å². The van der Waals surface area contributed by atoms with Crippen LogP contribution in [0.15, 0.2) is 24.0 Å². The topological polar surface area (TPSA) is 55.4 Å². The number of rotatable bonds is 0. The Labute approximate surface area is 62.5 Å².